The van der Waals surface area contributed by atoms with E-state index in [0.717, 1.165) is 6.07 Å². The van der Waals surface area contributed by atoms with Crippen molar-refractivity contribution in [3.63, 3.8) is 0 Å². The molecule has 0 fully saturated rings. The molecular formula is C16H10Cl2F2N2O6. The summed E-state index contributed by atoms with van der Waals surface area (Å²) in [5.41, 5.74) is -2.40. The Hall–Kier alpha value is -2.69. The summed E-state index contributed by atoms with van der Waals surface area (Å²) in [6.07, 6.45) is -2.58. The Labute approximate surface area is 165 Å². The van der Waals surface area contributed by atoms with Crippen LogP contribution < -0.4 is 0 Å². The minimum atomic E-state index is -1.63. The summed E-state index contributed by atoms with van der Waals surface area (Å²) >= 11 is 11.1. The van der Waals surface area contributed by atoms with Crippen LogP contribution in [-0.4, -0.2) is 20.7 Å². The van der Waals surface area contributed by atoms with Crippen molar-refractivity contribution in [3.05, 3.63) is 77.3 Å². The van der Waals surface area contributed by atoms with Gasteiger partial charge in [-0.1, -0.05) is 23.2 Å². The van der Waals surface area contributed by atoms with Crippen molar-refractivity contribution < 1.29 is 28.5 Å². The molecule has 1 atom stereocenters. The molecule has 1 N–H and O–H groups in total. The molecule has 2 aromatic carbocycles. The van der Waals surface area contributed by atoms with Gasteiger partial charge >= 0.3 is 0 Å². The van der Waals surface area contributed by atoms with Crippen LogP contribution in [0.3, 0.4) is 0 Å². The molecule has 0 aliphatic carbocycles. The molecule has 0 bridgehead atoms. The van der Waals surface area contributed by atoms with Crippen LogP contribution in [0.25, 0.3) is 0 Å². The highest BCUT2D eigenvalue weighted by Gasteiger charge is 2.24. The number of nitro groups is 2. The van der Waals surface area contributed by atoms with E-state index in [0.29, 0.717) is 18.2 Å². The second-order valence-corrected chi connectivity index (χ2v) is 6.41. The Morgan fingerprint density at radius 3 is 2.04 bits per heavy atom. The van der Waals surface area contributed by atoms with Gasteiger partial charge in [0.15, 0.2) is 5.78 Å². The number of carbonyl (C=O) groups excluding carboxylic acids is 1. The number of carbonyl (C=O) groups is 1. The molecule has 0 unspecified atom stereocenters. The molecule has 28 heavy (non-hydrogen) atoms. The molecule has 2 aromatic rings. The van der Waals surface area contributed by atoms with Crippen molar-refractivity contribution in [1.29, 1.82) is 0 Å². The topological polar surface area (TPSA) is 124 Å². The van der Waals surface area contributed by atoms with Crippen LogP contribution in [0.2, 0.25) is 10.0 Å². The van der Waals surface area contributed by atoms with Crippen LogP contribution in [0.15, 0.2) is 24.3 Å². The lowest BCUT2D eigenvalue weighted by Crippen LogP contribution is -2.08. The van der Waals surface area contributed by atoms with Crippen molar-refractivity contribution in [2.45, 2.75) is 18.9 Å². The first-order valence-corrected chi connectivity index (χ1v) is 8.26. The van der Waals surface area contributed by atoms with E-state index in [1.807, 2.05) is 0 Å². The molecule has 12 heteroatoms. The third kappa shape index (κ3) is 4.58. The lowest BCUT2D eigenvalue weighted by molar-refractivity contribution is -0.385. The average Bonchev–Trinajstić information content (AvgIpc) is 2.58. The summed E-state index contributed by atoms with van der Waals surface area (Å²) in [6.45, 7) is 0. The number of aliphatic hydroxyl groups excluding tert-OH is 1. The molecule has 0 aliphatic heterocycles. The van der Waals surface area contributed by atoms with Crippen molar-refractivity contribution in [3.8, 4) is 0 Å². The fraction of sp³-hybridized carbons (Fsp3) is 0.188. The van der Waals surface area contributed by atoms with Crippen LogP contribution >= 0.6 is 23.2 Å². The number of hydrogen-bond donors (Lipinski definition) is 1. The Balaban J connectivity index is 2.22. The lowest BCUT2D eigenvalue weighted by atomic mass is 9.99. The first kappa shape index (κ1) is 21.6. The predicted octanol–water partition coefficient (Wildman–Crippen LogP) is 4.78. The van der Waals surface area contributed by atoms with Gasteiger partial charge in [-0.15, -0.1) is 0 Å². The van der Waals surface area contributed by atoms with E-state index in [-0.39, 0.29) is 0 Å². The zero-order chi connectivity index (χ0) is 21.2. The molecule has 0 aliphatic rings. The maximum atomic E-state index is 13.9. The summed E-state index contributed by atoms with van der Waals surface area (Å²) in [6, 6.07) is 2.68. The molecule has 0 heterocycles. The van der Waals surface area contributed by atoms with Crippen molar-refractivity contribution in [2.24, 2.45) is 0 Å². The molecule has 0 saturated carbocycles. The third-order valence-electron chi connectivity index (χ3n) is 3.80. The first-order chi connectivity index (χ1) is 13.0. The van der Waals surface area contributed by atoms with Gasteiger partial charge in [0.2, 0.25) is 0 Å². The van der Waals surface area contributed by atoms with E-state index in [1.54, 1.807) is 0 Å². The highest BCUT2D eigenvalue weighted by atomic mass is 35.5. The minimum absolute atomic E-state index is 0.426. The normalized spacial score (nSPS) is 11.9. The van der Waals surface area contributed by atoms with Gasteiger partial charge < -0.3 is 5.11 Å². The zero-order valence-electron chi connectivity index (χ0n) is 13.7. The summed E-state index contributed by atoms with van der Waals surface area (Å²) in [4.78, 5) is 32.1. The Morgan fingerprint density at radius 1 is 1.00 bits per heavy atom. The monoisotopic (exact) mass is 434 g/mol. The fourth-order valence-corrected chi connectivity index (χ4v) is 2.84. The number of rotatable bonds is 7. The van der Waals surface area contributed by atoms with Crippen LogP contribution in [-0.2, 0) is 0 Å². The number of aliphatic hydroxyl groups is 1. The quantitative estimate of drug-likeness (QED) is 0.379. The molecule has 148 valence electrons. The first-order valence-electron chi connectivity index (χ1n) is 7.51. The molecule has 0 saturated heterocycles. The van der Waals surface area contributed by atoms with E-state index in [9.17, 15) is 38.9 Å². The Kier molecular flexibility index (Phi) is 6.60. The largest absolute Gasteiger partial charge is 0.388 e. The number of ketones is 1. The Bertz CT molecular complexity index is 986. The molecule has 0 aromatic heterocycles. The number of nitrogens with zero attached hydrogens (tertiary/aromatic N) is 2. The summed E-state index contributed by atoms with van der Waals surface area (Å²) in [7, 11) is 0. The van der Waals surface area contributed by atoms with Crippen LogP contribution in [0.1, 0.15) is 34.9 Å². The Morgan fingerprint density at radius 2 is 1.50 bits per heavy atom. The summed E-state index contributed by atoms with van der Waals surface area (Å²) < 4.78 is 27.8. The zero-order valence-corrected chi connectivity index (χ0v) is 15.2. The van der Waals surface area contributed by atoms with Gasteiger partial charge in [-0.2, -0.15) is 0 Å². The number of nitro benzene ring substituents is 2. The third-order valence-corrected chi connectivity index (χ3v) is 4.41. The number of halogens is 4. The molecule has 0 spiro atoms. The minimum Gasteiger partial charge on any atom is -0.388 e. The van der Waals surface area contributed by atoms with Gasteiger partial charge in [0.05, 0.1) is 21.5 Å². The van der Waals surface area contributed by atoms with E-state index in [1.165, 1.54) is 0 Å². The summed E-state index contributed by atoms with van der Waals surface area (Å²) in [5, 5.41) is 30.8. The SMILES string of the molecule is O=C(CC[C@H](O)c1cc([N+](=O)[O-])c(Cl)cc1F)c1cc([N+](=O)[O-])c(Cl)cc1F. The molecule has 8 nitrogen and oxygen atoms in total. The van der Waals surface area contributed by atoms with E-state index in [2.05, 4.69) is 0 Å². The van der Waals surface area contributed by atoms with E-state index >= 15 is 0 Å². The second-order valence-electron chi connectivity index (χ2n) is 5.60. The van der Waals surface area contributed by atoms with Crippen LogP contribution in [0.5, 0.6) is 0 Å². The lowest BCUT2D eigenvalue weighted by Gasteiger charge is -2.12. The van der Waals surface area contributed by atoms with Gasteiger partial charge in [-0.25, -0.2) is 8.78 Å². The van der Waals surface area contributed by atoms with Gasteiger partial charge in [0, 0.05) is 30.2 Å². The highest BCUT2D eigenvalue weighted by Crippen LogP contribution is 2.33. The van der Waals surface area contributed by atoms with Gasteiger partial charge in [-0.3, -0.25) is 25.0 Å². The standard InChI is InChI=1S/C16H10Cl2F2N2O6/c17-9-5-11(19)7(3-13(9)21(25)26)15(23)1-2-16(24)8-4-14(22(27)28)10(18)6-12(8)20/h3-6,15,23H,1-2H2/t15-/m0/s1. The average molecular weight is 435 g/mol. The van der Waals surface area contributed by atoms with E-state index < -0.39 is 78.8 Å². The highest BCUT2D eigenvalue weighted by molar-refractivity contribution is 6.33. The predicted molar refractivity (Wildman–Crippen MR) is 94.7 cm³/mol. The van der Waals surface area contributed by atoms with Gasteiger partial charge in [0.1, 0.15) is 21.7 Å². The second kappa shape index (κ2) is 8.55. The number of Topliss-reactive ketones (excluding diaryl/α,β-unsaturated/α-hetero) is 1. The van der Waals surface area contributed by atoms with Crippen LogP contribution in [0.4, 0.5) is 20.2 Å². The maximum absolute atomic E-state index is 13.9. The number of benzene rings is 2. The summed E-state index contributed by atoms with van der Waals surface area (Å²) in [5.74, 6) is -3.02. The molecule has 2 rings (SSSR count). The molecule has 0 radical (unpaired) electrons. The maximum Gasteiger partial charge on any atom is 0.288 e. The van der Waals surface area contributed by atoms with Crippen molar-refractivity contribution in [1.82, 2.24) is 0 Å². The van der Waals surface area contributed by atoms with Gasteiger partial charge in [0.25, 0.3) is 11.4 Å². The fourth-order valence-electron chi connectivity index (χ4n) is 2.40. The molecule has 0 amide bonds. The smallest absolute Gasteiger partial charge is 0.288 e. The van der Waals surface area contributed by atoms with Crippen molar-refractivity contribution in [2.75, 3.05) is 0 Å². The van der Waals surface area contributed by atoms with E-state index in [4.69, 9.17) is 23.2 Å². The van der Waals surface area contributed by atoms with Crippen molar-refractivity contribution >= 4 is 40.4 Å². The van der Waals surface area contributed by atoms with Crippen LogP contribution in [0, 0.1) is 31.9 Å². The molecular weight excluding hydrogens is 425 g/mol. The van der Waals surface area contributed by atoms with Gasteiger partial charge in [-0.05, 0) is 12.5 Å². The number of hydrogen-bond acceptors (Lipinski definition) is 6.